The summed E-state index contributed by atoms with van der Waals surface area (Å²) in [4.78, 5) is 2.43. The van der Waals surface area contributed by atoms with Crippen molar-refractivity contribution < 1.29 is 0 Å². The standard InChI is InChI=1S/C60H41N/c1-3-15-42(16-4-1)44-29-34-51(35-30-44)61(52-36-31-46(32-37-52)54-28-14-21-45-19-7-9-24-53(45)54)60-41-47(43-17-5-2-6-18-43)33-38-56(60)48-22-13-23-49(39-48)59-40-50-20-8-10-25-55(50)57-26-11-12-27-58(57)59/h1-41H. The summed E-state index contributed by atoms with van der Waals surface area (Å²) >= 11 is 0. The van der Waals surface area contributed by atoms with Gasteiger partial charge >= 0.3 is 0 Å². The molecular formula is C60H41N. The van der Waals surface area contributed by atoms with Crippen molar-refractivity contribution in [3.8, 4) is 55.6 Å². The van der Waals surface area contributed by atoms with E-state index >= 15 is 0 Å². The molecule has 0 radical (unpaired) electrons. The molecule has 0 N–H and O–H groups in total. The van der Waals surface area contributed by atoms with Gasteiger partial charge in [-0.25, -0.2) is 0 Å². The molecule has 1 heteroatoms. The third-order valence-electron chi connectivity index (χ3n) is 12.1. The van der Waals surface area contributed by atoms with Crippen LogP contribution in [0.3, 0.4) is 0 Å². The Morgan fingerprint density at radius 2 is 0.689 bits per heavy atom. The van der Waals surface area contributed by atoms with Crippen LogP contribution in [0.4, 0.5) is 17.1 Å². The van der Waals surface area contributed by atoms with E-state index in [9.17, 15) is 0 Å². The van der Waals surface area contributed by atoms with E-state index in [0.717, 1.165) is 33.8 Å². The van der Waals surface area contributed by atoms with Crippen LogP contribution in [-0.2, 0) is 0 Å². The molecule has 0 aliphatic heterocycles. The summed E-state index contributed by atoms with van der Waals surface area (Å²) < 4.78 is 0. The van der Waals surface area contributed by atoms with Gasteiger partial charge in [0.05, 0.1) is 5.69 Å². The van der Waals surface area contributed by atoms with Gasteiger partial charge in [0.15, 0.2) is 0 Å². The van der Waals surface area contributed by atoms with Gasteiger partial charge in [-0.3, -0.25) is 0 Å². The highest BCUT2D eigenvalue weighted by molar-refractivity contribution is 6.14. The summed E-state index contributed by atoms with van der Waals surface area (Å²) in [6, 6.07) is 90.6. The number of rotatable bonds is 8. The second-order valence-electron chi connectivity index (χ2n) is 15.7. The first-order valence-corrected chi connectivity index (χ1v) is 21.0. The first kappa shape index (κ1) is 36.1. The Morgan fingerprint density at radius 3 is 1.39 bits per heavy atom. The average molecular weight is 776 g/mol. The summed E-state index contributed by atoms with van der Waals surface area (Å²) in [5.74, 6) is 0. The van der Waals surface area contributed by atoms with Crippen LogP contribution in [0.15, 0.2) is 249 Å². The average Bonchev–Trinajstić information content (AvgIpc) is 3.34. The number of anilines is 3. The number of fused-ring (bicyclic) bond motifs is 4. The van der Waals surface area contributed by atoms with Gasteiger partial charge in [0.2, 0.25) is 0 Å². The second kappa shape index (κ2) is 15.6. The molecule has 0 amide bonds. The maximum atomic E-state index is 2.43. The lowest BCUT2D eigenvalue weighted by Crippen LogP contribution is -2.11. The number of nitrogens with zero attached hydrogens (tertiary/aromatic N) is 1. The van der Waals surface area contributed by atoms with Crippen molar-refractivity contribution >= 4 is 49.4 Å². The highest BCUT2D eigenvalue weighted by atomic mass is 15.1. The summed E-state index contributed by atoms with van der Waals surface area (Å²) in [6.07, 6.45) is 0. The SMILES string of the molecule is c1ccc(-c2ccc(N(c3ccc(-c4cccc5ccccc45)cc3)c3cc(-c4ccccc4)ccc3-c3cccc(-c4cc5ccccc5c5ccccc45)c3)cc2)cc1. The summed E-state index contributed by atoms with van der Waals surface area (Å²) in [7, 11) is 0. The van der Waals surface area contributed by atoms with Crippen LogP contribution in [0, 0.1) is 0 Å². The molecule has 61 heavy (non-hydrogen) atoms. The Hall–Kier alpha value is -8.00. The summed E-state index contributed by atoms with van der Waals surface area (Å²) in [5, 5.41) is 7.53. The van der Waals surface area contributed by atoms with Crippen LogP contribution < -0.4 is 4.90 Å². The van der Waals surface area contributed by atoms with Gasteiger partial charge in [0, 0.05) is 16.9 Å². The molecule has 0 heterocycles. The van der Waals surface area contributed by atoms with E-state index in [1.807, 2.05) is 0 Å². The van der Waals surface area contributed by atoms with Crippen molar-refractivity contribution in [2.45, 2.75) is 0 Å². The van der Waals surface area contributed by atoms with Gasteiger partial charge < -0.3 is 4.90 Å². The van der Waals surface area contributed by atoms with Gasteiger partial charge in [-0.1, -0.05) is 206 Å². The Balaban J connectivity index is 1.11. The van der Waals surface area contributed by atoms with E-state index in [1.165, 1.54) is 71.3 Å². The fraction of sp³-hybridized carbons (Fsp3) is 0. The molecule has 1 nitrogen and oxygen atoms in total. The van der Waals surface area contributed by atoms with E-state index < -0.39 is 0 Å². The number of benzene rings is 11. The molecule has 0 aliphatic carbocycles. The molecular weight excluding hydrogens is 735 g/mol. The molecule has 0 atom stereocenters. The topological polar surface area (TPSA) is 3.24 Å². The Labute approximate surface area is 357 Å². The largest absolute Gasteiger partial charge is 0.310 e. The molecule has 0 saturated heterocycles. The summed E-state index contributed by atoms with van der Waals surface area (Å²) in [6.45, 7) is 0. The fourth-order valence-electron chi connectivity index (χ4n) is 9.05. The molecule has 11 aromatic carbocycles. The van der Waals surface area contributed by atoms with Gasteiger partial charge in [0.1, 0.15) is 0 Å². The zero-order valence-electron chi connectivity index (χ0n) is 33.6. The molecule has 0 aromatic heterocycles. The summed E-state index contributed by atoms with van der Waals surface area (Å²) in [5.41, 5.74) is 15.1. The van der Waals surface area contributed by atoms with Crippen LogP contribution in [0.2, 0.25) is 0 Å². The molecule has 0 unspecified atom stereocenters. The Bertz CT molecular complexity index is 3330. The third kappa shape index (κ3) is 6.83. The molecule has 0 bridgehead atoms. The fourth-order valence-corrected chi connectivity index (χ4v) is 9.05. The number of hydrogen-bond acceptors (Lipinski definition) is 1. The molecule has 0 fully saturated rings. The van der Waals surface area contributed by atoms with E-state index in [1.54, 1.807) is 0 Å². The van der Waals surface area contributed by atoms with Crippen molar-refractivity contribution in [1.29, 1.82) is 0 Å². The lowest BCUT2D eigenvalue weighted by atomic mass is 9.91. The smallest absolute Gasteiger partial charge is 0.0546 e. The van der Waals surface area contributed by atoms with Gasteiger partial charge in [-0.15, -0.1) is 0 Å². The Morgan fingerprint density at radius 1 is 0.213 bits per heavy atom. The number of hydrogen-bond donors (Lipinski definition) is 0. The van der Waals surface area contributed by atoms with E-state index in [0.29, 0.717) is 0 Å². The van der Waals surface area contributed by atoms with Gasteiger partial charge in [-0.05, 0) is 125 Å². The molecule has 11 rings (SSSR count). The van der Waals surface area contributed by atoms with Gasteiger partial charge in [0.25, 0.3) is 0 Å². The van der Waals surface area contributed by atoms with Crippen LogP contribution in [0.5, 0.6) is 0 Å². The van der Waals surface area contributed by atoms with Crippen molar-refractivity contribution in [3.05, 3.63) is 249 Å². The maximum absolute atomic E-state index is 2.43. The van der Waals surface area contributed by atoms with E-state index in [4.69, 9.17) is 0 Å². The molecule has 286 valence electrons. The lowest BCUT2D eigenvalue weighted by Gasteiger charge is -2.29. The molecule has 0 saturated carbocycles. The van der Waals surface area contributed by atoms with E-state index in [-0.39, 0.29) is 0 Å². The van der Waals surface area contributed by atoms with Gasteiger partial charge in [-0.2, -0.15) is 0 Å². The predicted octanol–water partition coefficient (Wildman–Crippen LogP) is 17.0. The minimum atomic E-state index is 1.08. The third-order valence-corrected chi connectivity index (χ3v) is 12.1. The van der Waals surface area contributed by atoms with Crippen LogP contribution in [0.1, 0.15) is 0 Å². The molecule has 11 aromatic rings. The highest BCUT2D eigenvalue weighted by Gasteiger charge is 2.20. The monoisotopic (exact) mass is 775 g/mol. The first-order chi connectivity index (χ1) is 30.2. The first-order valence-electron chi connectivity index (χ1n) is 21.0. The predicted molar refractivity (Wildman–Crippen MR) is 261 cm³/mol. The van der Waals surface area contributed by atoms with E-state index in [2.05, 4.69) is 254 Å². The maximum Gasteiger partial charge on any atom is 0.0546 e. The van der Waals surface area contributed by atoms with Crippen molar-refractivity contribution in [1.82, 2.24) is 0 Å². The highest BCUT2D eigenvalue weighted by Crippen LogP contribution is 2.45. The normalized spacial score (nSPS) is 11.3. The molecule has 0 spiro atoms. The van der Waals surface area contributed by atoms with Crippen molar-refractivity contribution in [2.24, 2.45) is 0 Å². The van der Waals surface area contributed by atoms with Crippen LogP contribution in [0.25, 0.3) is 88.0 Å². The van der Waals surface area contributed by atoms with Crippen molar-refractivity contribution in [3.63, 3.8) is 0 Å². The van der Waals surface area contributed by atoms with Crippen molar-refractivity contribution in [2.75, 3.05) is 4.90 Å². The van der Waals surface area contributed by atoms with Crippen LogP contribution in [-0.4, -0.2) is 0 Å². The minimum absolute atomic E-state index is 1.08. The Kier molecular flexibility index (Phi) is 9.26. The minimum Gasteiger partial charge on any atom is -0.310 e. The van der Waals surface area contributed by atoms with Crippen LogP contribution >= 0.6 is 0 Å². The lowest BCUT2D eigenvalue weighted by molar-refractivity contribution is 1.28. The molecule has 0 aliphatic rings. The second-order valence-corrected chi connectivity index (χ2v) is 15.7. The quantitative estimate of drug-likeness (QED) is 0.139. The zero-order chi connectivity index (χ0) is 40.5. The zero-order valence-corrected chi connectivity index (χ0v) is 33.6.